The highest BCUT2D eigenvalue weighted by Gasteiger charge is 2.11. The van der Waals surface area contributed by atoms with Crippen LogP contribution in [-0.2, 0) is 6.54 Å². The number of nitrogens with one attached hydrogen (secondary N) is 1. The molecule has 0 bridgehead atoms. The number of rotatable bonds is 5. The lowest BCUT2D eigenvalue weighted by Crippen LogP contribution is -2.07. The van der Waals surface area contributed by atoms with Crippen molar-refractivity contribution in [2.75, 3.05) is 5.32 Å². The summed E-state index contributed by atoms with van der Waals surface area (Å²) >= 11 is 24.4. The predicted octanol–water partition coefficient (Wildman–Crippen LogP) is 6.70. The van der Waals surface area contributed by atoms with Gasteiger partial charge >= 0.3 is 0 Å². The Kier molecular flexibility index (Phi) is 6.10. The summed E-state index contributed by atoms with van der Waals surface area (Å²) in [6, 6.07) is 8.93. The van der Waals surface area contributed by atoms with E-state index in [1.165, 1.54) is 0 Å². The van der Waals surface area contributed by atoms with Crippen molar-refractivity contribution in [2.24, 2.45) is 0 Å². The highest BCUT2D eigenvalue weighted by Crippen LogP contribution is 2.35. The Hall–Kier alpha value is -0.800. The second kappa shape index (κ2) is 7.65. The summed E-state index contributed by atoms with van der Waals surface area (Å²) in [7, 11) is 0. The van der Waals surface area contributed by atoms with E-state index in [4.69, 9.17) is 51.1 Å². The van der Waals surface area contributed by atoms with Gasteiger partial charge in [-0.15, -0.1) is 0 Å². The number of benzene rings is 2. The molecule has 0 saturated heterocycles. The fraction of sp³-hybridized carbons (Fsp3) is 0.250. The molecule has 0 amide bonds. The smallest absolute Gasteiger partial charge is 0.156 e. The van der Waals surface area contributed by atoms with E-state index in [-0.39, 0.29) is 6.10 Å². The van der Waals surface area contributed by atoms with Gasteiger partial charge in [-0.3, -0.25) is 0 Å². The molecular formula is C16H15Cl4NO. The van der Waals surface area contributed by atoms with E-state index in [2.05, 4.69) is 5.32 Å². The Morgan fingerprint density at radius 3 is 1.95 bits per heavy atom. The maximum atomic E-state index is 6.23. The zero-order valence-corrected chi connectivity index (χ0v) is 15.1. The Labute approximate surface area is 150 Å². The second-order valence-corrected chi connectivity index (χ2v) is 6.75. The minimum Gasteiger partial charge on any atom is -0.488 e. The standard InChI is InChI=1S/C16H15Cl4NO/c1-9(2)22-16-14(19)3-10(4-15(16)20)8-21-13-6-11(17)5-12(18)7-13/h3-7,9,21H,8H2,1-2H3. The Bertz CT molecular complexity index is 630. The third-order valence-corrected chi connectivity index (χ3v) is 3.77. The molecule has 1 N–H and O–H groups in total. The molecule has 0 unspecified atom stereocenters. The van der Waals surface area contributed by atoms with Crippen LogP contribution in [0.4, 0.5) is 5.69 Å². The molecule has 2 aromatic rings. The van der Waals surface area contributed by atoms with Gasteiger partial charge < -0.3 is 10.1 Å². The number of anilines is 1. The van der Waals surface area contributed by atoms with E-state index < -0.39 is 0 Å². The first-order valence-corrected chi connectivity index (χ1v) is 8.21. The van der Waals surface area contributed by atoms with E-state index >= 15 is 0 Å². The SMILES string of the molecule is CC(C)Oc1c(Cl)cc(CNc2cc(Cl)cc(Cl)c2)cc1Cl. The molecule has 0 aliphatic carbocycles. The first-order chi connectivity index (χ1) is 10.3. The molecule has 2 nitrogen and oxygen atoms in total. The van der Waals surface area contributed by atoms with Crippen molar-refractivity contribution in [1.82, 2.24) is 0 Å². The molecule has 0 aromatic heterocycles. The molecule has 0 saturated carbocycles. The van der Waals surface area contributed by atoms with Gasteiger partial charge in [-0.2, -0.15) is 0 Å². The van der Waals surface area contributed by atoms with Crippen LogP contribution in [-0.4, -0.2) is 6.10 Å². The highest BCUT2D eigenvalue weighted by atomic mass is 35.5. The van der Waals surface area contributed by atoms with Crippen molar-refractivity contribution >= 4 is 52.1 Å². The van der Waals surface area contributed by atoms with Gasteiger partial charge in [0.1, 0.15) is 0 Å². The van der Waals surface area contributed by atoms with Crippen LogP contribution in [0, 0.1) is 0 Å². The van der Waals surface area contributed by atoms with E-state index in [1.54, 1.807) is 18.2 Å². The number of halogens is 4. The van der Waals surface area contributed by atoms with Crippen LogP contribution in [0.5, 0.6) is 5.75 Å². The maximum absolute atomic E-state index is 6.23. The third kappa shape index (κ3) is 4.85. The third-order valence-electron chi connectivity index (χ3n) is 2.77. The first-order valence-electron chi connectivity index (χ1n) is 6.69. The van der Waals surface area contributed by atoms with Crippen molar-refractivity contribution in [2.45, 2.75) is 26.5 Å². The monoisotopic (exact) mass is 377 g/mol. The highest BCUT2D eigenvalue weighted by molar-refractivity contribution is 6.37. The van der Waals surface area contributed by atoms with Crippen LogP contribution in [0.3, 0.4) is 0 Å². The molecule has 0 fully saturated rings. The molecule has 0 heterocycles. The van der Waals surface area contributed by atoms with E-state index in [9.17, 15) is 0 Å². The van der Waals surface area contributed by atoms with E-state index in [0.29, 0.717) is 32.4 Å². The van der Waals surface area contributed by atoms with Crippen molar-refractivity contribution in [3.8, 4) is 5.75 Å². The summed E-state index contributed by atoms with van der Waals surface area (Å²) in [6.07, 6.45) is 0.00702. The zero-order chi connectivity index (χ0) is 16.3. The summed E-state index contributed by atoms with van der Waals surface area (Å²) in [5.74, 6) is 0.507. The van der Waals surface area contributed by atoms with Crippen LogP contribution < -0.4 is 10.1 Å². The minimum absolute atomic E-state index is 0.00702. The molecule has 118 valence electrons. The van der Waals surface area contributed by atoms with Crippen molar-refractivity contribution < 1.29 is 4.74 Å². The van der Waals surface area contributed by atoms with Gasteiger partial charge in [-0.05, 0) is 49.7 Å². The topological polar surface area (TPSA) is 21.3 Å². The van der Waals surface area contributed by atoms with Gasteiger partial charge in [0.05, 0.1) is 16.1 Å². The zero-order valence-electron chi connectivity index (χ0n) is 12.1. The minimum atomic E-state index is 0.00702. The summed E-state index contributed by atoms with van der Waals surface area (Å²) in [6.45, 7) is 4.38. The average molecular weight is 379 g/mol. The van der Waals surface area contributed by atoms with Gasteiger partial charge in [-0.25, -0.2) is 0 Å². The summed E-state index contributed by atoms with van der Waals surface area (Å²) in [5, 5.41) is 5.36. The summed E-state index contributed by atoms with van der Waals surface area (Å²) < 4.78 is 5.61. The molecule has 2 rings (SSSR count). The predicted molar refractivity (Wildman–Crippen MR) is 96.0 cm³/mol. The lowest BCUT2D eigenvalue weighted by atomic mass is 10.2. The molecule has 0 aliphatic heterocycles. The quantitative estimate of drug-likeness (QED) is 0.624. The Balaban J connectivity index is 2.13. The Morgan fingerprint density at radius 2 is 1.45 bits per heavy atom. The molecule has 0 radical (unpaired) electrons. The summed E-state index contributed by atoms with van der Waals surface area (Å²) in [5.41, 5.74) is 1.76. The van der Waals surface area contributed by atoms with E-state index in [1.807, 2.05) is 26.0 Å². The van der Waals surface area contributed by atoms with Crippen LogP contribution in [0.15, 0.2) is 30.3 Å². The molecular weight excluding hydrogens is 364 g/mol. The number of hydrogen-bond donors (Lipinski definition) is 1. The van der Waals surface area contributed by atoms with Crippen LogP contribution >= 0.6 is 46.4 Å². The lowest BCUT2D eigenvalue weighted by Gasteiger charge is -2.15. The second-order valence-electron chi connectivity index (χ2n) is 5.07. The average Bonchev–Trinajstić information content (AvgIpc) is 2.39. The molecule has 0 atom stereocenters. The largest absolute Gasteiger partial charge is 0.488 e. The normalized spacial score (nSPS) is 10.9. The molecule has 0 spiro atoms. The molecule has 0 aliphatic rings. The molecule has 22 heavy (non-hydrogen) atoms. The number of ether oxygens (including phenoxy) is 1. The van der Waals surface area contributed by atoms with Crippen molar-refractivity contribution in [3.05, 3.63) is 56.0 Å². The molecule has 2 aromatic carbocycles. The molecule has 6 heteroatoms. The van der Waals surface area contributed by atoms with Gasteiger partial charge in [0, 0.05) is 22.3 Å². The fourth-order valence-electron chi connectivity index (χ4n) is 1.92. The van der Waals surface area contributed by atoms with Crippen LogP contribution in [0.2, 0.25) is 20.1 Å². The van der Waals surface area contributed by atoms with E-state index in [0.717, 1.165) is 11.3 Å². The van der Waals surface area contributed by atoms with Crippen molar-refractivity contribution in [3.63, 3.8) is 0 Å². The Morgan fingerprint density at radius 1 is 0.909 bits per heavy atom. The van der Waals surface area contributed by atoms with Crippen LogP contribution in [0.25, 0.3) is 0 Å². The van der Waals surface area contributed by atoms with Gasteiger partial charge in [-0.1, -0.05) is 46.4 Å². The van der Waals surface area contributed by atoms with Gasteiger partial charge in [0.2, 0.25) is 0 Å². The van der Waals surface area contributed by atoms with Crippen molar-refractivity contribution in [1.29, 1.82) is 0 Å². The lowest BCUT2D eigenvalue weighted by molar-refractivity contribution is 0.242. The fourth-order valence-corrected chi connectivity index (χ4v) is 3.07. The summed E-state index contributed by atoms with van der Waals surface area (Å²) in [4.78, 5) is 0. The maximum Gasteiger partial charge on any atom is 0.156 e. The van der Waals surface area contributed by atoms with Crippen LogP contribution in [0.1, 0.15) is 19.4 Å². The van der Waals surface area contributed by atoms with Gasteiger partial charge in [0.25, 0.3) is 0 Å². The first kappa shape index (κ1) is 17.6. The van der Waals surface area contributed by atoms with Gasteiger partial charge in [0.15, 0.2) is 5.75 Å². The number of hydrogen-bond acceptors (Lipinski definition) is 2.